The van der Waals surface area contributed by atoms with Crippen LogP contribution in [0.2, 0.25) is 0 Å². The van der Waals surface area contributed by atoms with Crippen LogP contribution >= 0.6 is 0 Å². The summed E-state index contributed by atoms with van der Waals surface area (Å²) in [5.41, 5.74) is -0.374. The van der Waals surface area contributed by atoms with Gasteiger partial charge in [-0.05, 0) is 6.92 Å². The Bertz CT molecular complexity index is 274. The third-order valence-electron chi connectivity index (χ3n) is 2.59. The van der Waals surface area contributed by atoms with Crippen LogP contribution in [-0.4, -0.2) is 60.8 Å². The minimum atomic E-state index is -0.954. The van der Waals surface area contributed by atoms with Gasteiger partial charge in [0.2, 0.25) is 5.91 Å². The second-order valence-corrected chi connectivity index (χ2v) is 4.27. The maximum atomic E-state index is 11.0. The van der Waals surface area contributed by atoms with Crippen molar-refractivity contribution in [3.05, 3.63) is 0 Å². The first-order valence-corrected chi connectivity index (χ1v) is 5.24. The molecule has 0 aromatic rings. The number of carboxylic acid groups (broad SMARTS) is 1. The van der Waals surface area contributed by atoms with E-state index >= 15 is 0 Å². The number of aliphatic carboxylic acids is 1. The van der Waals surface area contributed by atoms with Gasteiger partial charge in [0.1, 0.15) is 6.61 Å². The van der Waals surface area contributed by atoms with Crippen LogP contribution in [0.25, 0.3) is 0 Å². The zero-order chi connectivity index (χ0) is 12.2. The third-order valence-corrected chi connectivity index (χ3v) is 2.59. The molecule has 6 nitrogen and oxygen atoms in total. The lowest BCUT2D eigenvalue weighted by molar-refractivity contribution is -0.164. The molecule has 1 fully saturated rings. The number of amides is 1. The summed E-state index contributed by atoms with van der Waals surface area (Å²) in [6.45, 7) is 3.66. The molecule has 0 aliphatic carbocycles. The van der Waals surface area contributed by atoms with Crippen LogP contribution in [0.3, 0.4) is 0 Å². The summed E-state index contributed by atoms with van der Waals surface area (Å²) in [7, 11) is 1.61. The molecule has 1 rings (SSSR count). The zero-order valence-corrected chi connectivity index (χ0v) is 9.65. The summed E-state index contributed by atoms with van der Waals surface area (Å²) in [4.78, 5) is 23.4. The number of hydrogen-bond acceptors (Lipinski definition) is 4. The number of carbonyl (C=O) groups excluding carboxylic acids is 1. The quantitative estimate of drug-likeness (QED) is 0.630. The first-order valence-electron chi connectivity index (χ1n) is 5.24. The largest absolute Gasteiger partial charge is 0.480 e. The van der Waals surface area contributed by atoms with Crippen molar-refractivity contribution in [2.75, 3.05) is 33.3 Å². The second-order valence-electron chi connectivity index (χ2n) is 4.27. The van der Waals surface area contributed by atoms with Gasteiger partial charge in [-0.15, -0.1) is 0 Å². The molecular weight excluding hydrogens is 212 g/mol. The van der Waals surface area contributed by atoms with E-state index < -0.39 is 5.97 Å². The standard InChI is InChI=1S/C10H18N2O4/c1-10(16-5-9(14)15)6-12(7-10)4-3-8(13)11-2/h3-7H2,1-2H3,(H,11,13)(H,14,15). The minimum Gasteiger partial charge on any atom is -0.480 e. The maximum absolute atomic E-state index is 11.0. The summed E-state index contributed by atoms with van der Waals surface area (Å²) in [6.07, 6.45) is 0.464. The Morgan fingerprint density at radius 2 is 2.12 bits per heavy atom. The van der Waals surface area contributed by atoms with Crippen molar-refractivity contribution in [3.63, 3.8) is 0 Å². The van der Waals surface area contributed by atoms with E-state index in [1.54, 1.807) is 7.05 Å². The highest BCUT2D eigenvalue weighted by Gasteiger charge is 2.39. The van der Waals surface area contributed by atoms with E-state index in [0.29, 0.717) is 26.1 Å². The molecule has 0 radical (unpaired) electrons. The molecule has 1 saturated heterocycles. The van der Waals surface area contributed by atoms with Gasteiger partial charge < -0.3 is 15.2 Å². The van der Waals surface area contributed by atoms with Gasteiger partial charge in [0.05, 0.1) is 5.60 Å². The SMILES string of the molecule is CNC(=O)CCN1CC(C)(OCC(=O)O)C1. The fourth-order valence-electron chi connectivity index (χ4n) is 1.77. The average molecular weight is 230 g/mol. The highest BCUT2D eigenvalue weighted by molar-refractivity contribution is 5.75. The number of carbonyl (C=O) groups is 2. The Labute approximate surface area is 94.6 Å². The molecule has 1 aliphatic heterocycles. The van der Waals surface area contributed by atoms with Crippen LogP contribution in [0, 0.1) is 0 Å². The molecule has 1 heterocycles. The molecule has 1 amide bonds. The molecule has 0 bridgehead atoms. The van der Waals surface area contributed by atoms with Crippen LogP contribution in [0.5, 0.6) is 0 Å². The van der Waals surface area contributed by atoms with Gasteiger partial charge in [0.15, 0.2) is 0 Å². The minimum absolute atomic E-state index is 0.0139. The van der Waals surface area contributed by atoms with Gasteiger partial charge in [-0.1, -0.05) is 0 Å². The maximum Gasteiger partial charge on any atom is 0.329 e. The van der Waals surface area contributed by atoms with E-state index in [4.69, 9.17) is 9.84 Å². The summed E-state index contributed by atoms with van der Waals surface area (Å²) >= 11 is 0. The highest BCUT2D eigenvalue weighted by Crippen LogP contribution is 2.24. The van der Waals surface area contributed by atoms with Crippen molar-refractivity contribution >= 4 is 11.9 Å². The summed E-state index contributed by atoms with van der Waals surface area (Å²) in [5.74, 6) is -0.940. The number of likely N-dealkylation sites (tertiary alicyclic amines) is 1. The highest BCUT2D eigenvalue weighted by atomic mass is 16.5. The lowest BCUT2D eigenvalue weighted by Gasteiger charge is -2.47. The van der Waals surface area contributed by atoms with Crippen LogP contribution in [0.15, 0.2) is 0 Å². The topological polar surface area (TPSA) is 78.9 Å². The van der Waals surface area contributed by atoms with Crippen molar-refractivity contribution in [3.8, 4) is 0 Å². The van der Waals surface area contributed by atoms with E-state index in [2.05, 4.69) is 10.2 Å². The number of ether oxygens (including phenoxy) is 1. The molecule has 0 aromatic carbocycles. The van der Waals surface area contributed by atoms with E-state index in [1.165, 1.54) is 0 Å². The van der Waals surface area contributed by atoms with Crippen LogP contribution in [-0.2, 0) is 14.3 Å². The molecule has 16 heavy (non-hydrogen) atoms. The first kappa shape index (κ1) is 12.9. The van der Waals surface area contributed by atoms with Crippen molar-refractivity contribution < 1.29 is 19.4 Å². The van der Waals surface area contributed by atoms with Gasteiger partial charge in [-0.3, -0.25) is 9.69 Å². The predicted molar refractivity (Wildman–Crippen MR) is 57.1 cm³/mol. The van der Waals surface area contributed by atoms with Crippen molar-refractivity contribution in [1.82, 2.24) is 10.2 Å². The third kappa shape index (κ3) is 3.79. The van der Waals surface area contributed by atoms with E-state index in [0.717, 1.165) is 0 Å². The number of rotatable bonds is 6. The van der Waals surface area contributed by atoms with Crippen molar-refractivity contribution in [1.29, 1.82) is 0 Å². The molecular formula is C10H18N2O4. The summed E-state index contributed by atoms with van der Waals surface area (Å²) < 4.78 is 5.25. The number of carboxylic acids is 1. The molecule has 0 spiro atoms. The Kier molecular flexibility index (Phi) is 4.26. The first-order chi connectivity index (χ1) is 7.45. The Morgan fingerprint density at radius 3 is 2.62 bits per heavy atom. The normalized spacial score (nSPS) is 18.9. The van der Waals surface area contributed by atoms with Crippen molar-refractivity contribution in [2.24, 2.45) is 0 Å². The van der Waals surface area contributed by atoms with Gasteiger partial charge in [-0.25, -0.2) is 4.79 Å². The Balaban J connectivity index is 2.15. The summed E-state index contributed by atoms with van der Waals surface area (Å²) in [6, 6.07) is 0. The predicted octanol–water partition coefficient (Wildman–Crippen LogP) is -0.702. The van der Waals surface area contributed by atoms with Gasteiger partial charge in [0, 0.05) is 33.1 Å². The lowest BCUT2D eigenvalue weighted by Crippen LogP contribution is -2.62. The monoisotopic (exact) mass is 230 g/mol. The molecule has 0 unspecified atom stereocenters. The number of nitrogens with zero attached hydrogens (tertiary/aromatic N) is 1. The zero-order valence-electron chi connectivity index (χ0n) is 9.65. The van der Waals surface area contributed by atoms with E-state index in [-0.39, 0.29) is 18.1 Å². The fourth-order valence-corrected chi connectivity index (χ4v) is 1.77. The second kappa shape index (κ2) is 5.27. The van der Waals surface area contributed by atoms with E-state index in [9.17, 15) is 9.59 Å². The van der Waals surface area contributed by atoms with Gasteiger partial charge >= 0.3 is 5.97 Å². The molecule has 6 heteroatoms. The Hall–Kier alpha value is -1.14. The molecule has 0 saturated carbocycles. The molecule has 92 valence electrons. The average Bonchev–Trinajstić information content (AvgIpc) is 2.19. The lowest BCUT2D eigenvalue weighted by atomic mass is 9.96. The van der Waals surface area contributed by atoms with Crippen LogP contribution in [0.4, 0.5) is 0 Å². The molecule has 0 atom stereocenters. The van der Waals surface area contributed by atoms with Crippen LogP contribution in [0.1, 0.15) is 13.3 Å². The molecule has 2 N–H and O–H groups in total. The Morgan fingerprint density at radius 1 is 1.50 bits per heavy atom. The smallest absolute Gasteiger partial charge is 0.329 e. The number of nitrogens with one attached hydrogen (secondary N) is 1. The number of hydrogen-bond donors (Lipinski definition) is 2. The summed E-state index contributed by atoms with van der Waals surface area (Å²) in [5, 5.41) is 11.0. The van der Waals surface area contributed by atoms with Crippen molar-refractivity contribution in [2.45, 2.75) is 18.9 Å². The van der Waals surface area contributed by atoms with Crippen LogP contribution < -0.4 is 5.32 Å². The van der Waals surface area contributed by atoms with Gasteiger partial charge in [0.25, 0.3) is 0 Å². The fraction of sp³-hybridized carbons (Fsp3) is 0.800. The van der Waals surface area contributed by atoms with Gasteiger partial charge in [-0.2, -0.15) is 0 Å². The van der Waals surface area contributed by atoms with E-state index in [1.807, 2.05) is 6.92 Å². The molecule has 0 aromatic heterocycles. The molecule has 1 aliphatic rings.